The molecule has 0 aliphatic heterocycles. The monoisotopic (exact) mass is 269 g/mol. The van der Waals surface area contributed by atoms with E-state index in [0.29, 0.717) is 5.92 Å². The van der Waals surface area contributed by atoms with E-state index in [1.54, 1.807) is 0 Å². The average molecular weight is 269 g/mol. The quantitative estimate of drug-likeness (QED) is 0.827. The fourth-order valence-electron chi connectivity index (χ4n) is 2.27. The van der Waals surface area contributed by atoms with E-state index in [-0.39, 0.29) is 6.04 Å². The van der Waals surface area contributed by atoms with E-state index in [2.05, 4.69) is 26.8 Å². The zero-order chi connectivity index (χ0) is 14.5. The molecular weight excluding hydrogens is 246 g/mol. The molecule has 0 aliphatic carbocycles. The van der Waals surface area contributed by atoms with E-state index in [1.807, 2.05) is 42.5 Å². The van der Waals surface area contributed by atoms with Crippen LogP contribution in [0.4, 0.5) is 0 Å². The Bertz CT molecular complexity index is 563. The van der Waals surface area contributed by atoms with Gasteiger partial charge >= 0.3 is 0 Å². The number of rotatable bonds is 5. The zero-order valence-corrected chi connectivity index (χ0v) is 12.5. The standard InChI is InChI=1S/C18H23NO/c1-4-16(19)15-10-6-8-12-18(15)20-17-11-7-5-9-14(17)13(2)3/h5-13,16H,4,19H2,1-3H3/t16-/m0/s1. The highest BCUT2D eigenvalue weighted by Gasteiger charge is 2.13. The maximum Gasteiger partial charge on any atom is 0.132 e. The summed E-state index contributed by atoms with van der Waals surface area (Å²) in [6.07, 6.45) is 0.895. The summed E-state index contributed by atoms with van der Waals surface area (Å²) in [6, 6.07) is 16.2. The zero-order valence-electron chi connectivity index (χ0n) is 12.5. The Morgan fingerprint density at radius 3 is 1.95 bits per heavy atom. The molecule has 2 aromatic rings. The predicted octanol–water partition coefficient (Wildman–Crippen LogP) is 5.01. The number of hydrogen-bond donors (Lipinski definition) is 1. The molecule has 0 spiro atoms. The van der Waals surface area contributed by atoms with Crippen LogP contribution in [0.1, 0.15) is 50.3 Å². The van der Waals surface area contributed by atoms with Gasteiger partial charge in [0.25, 0.3) is 0 Å². The largest absolute Gasteiger partial charge is 0.457 e. The van der Waals surface area contributed by atoms with Gasteiger partial charge in [-0.25, -0.2) is 0 Å². The summed E-state index contributed by atoms with van der Waals surface area (Å²) in [5.74, 6) is 2.20. The molecule has 2 aromatic carbocycles. The van der Waals surface area contributed by atoms with E-state index in [4.69, 9.17) is 10.5 Å². The summed E-state index contributed by atoms with van der Waals surface area (Å²) < 4.78 is 6.14. The average Bonchev–Trinajstić information content (AvgIpc) is 2.47. The lowest BCUT2D eigenvalue weighted by Crippen LogP contribution is -2.10. The molecule has 0 saturated carbocycles. The molecule has 0 amide bonds. The van der Waals surface area contributed by atoms with Gasteiger partial charge in [0, 0.05) is 11.6 Å². The van der Waals surface area contributed by atoms with Crippen LogP contribution in [0.15, 0.2) is 48.5 Å². The number of hydrogen-bond acceptors (Lipinski definition) is 2. The van der Waals surface area contributed by atoms with Gasteiger partial charge in [-0.3, -0.25) is 0 Å². The van der Waals surface area contributed by atoms with Crippen molar-refractivity contribution in [2.45, 2.75) is 39.2 Å². The highest BCUT2D eigenvalue weighted by molar-refractivity contribution is 5.43. The van der Waals surface area contributed by atoms with Gasteiger partial charge < -0.3 is 10.5 Å². The van der Waals surface area contributed by atoms with Crippen LogP contribution in [-0.2, 0) is 0 Å². The highest BCUT2D eigenvalue weighted by Crippen LogP contribution is 2.34. The Kier molecular flexibility index (Phi) is 4.80. The van der Waals surface area contributed by atoms with E-state index >= 15 is 0 Å². The van der Waals surface area contributed by atoms with E-state index in [9.17, 15) is 0 Å². The summed E-state index contributed by atoms with van der Waals surface area (Å²) in [6.45, 7) is 6.43. The normalized spacial score (nSPS) is 12.4. The molecule has 2 N–H and O–H groups in total. The van der Waals surface area contributed by atoms with Crippen molar-refractivity contribution in [3.05, 3.63) is 59.7 Å². The third-order valence-electron chi connectivity index (χ3n) is 3.52. The van der Waals surface area contributed by atoms with Crippen molar-refractivity contribution in [2.24, 2.45) is 5.73 Å². The van der Waals surface area contributed by atoms with E-state index in [0.717, 1.165) is 23.5 Å². The SMILES string of the molecule is CC[C@H](N)c1ccccc1Oc1ccccc1C(C)C. The first-order valence-corrected chi connectivity index (χ1v) is 7.24. The van der Waals surface area contributed by atoms with Crippen molar-refractivity contribution in [1.29, 1.82) is 0 Å². The highest BCUT2D eigenvalue weighted by atomic mass is 16.5. The maximum absolute atomic E-state index is 6.17. The Labute approximate surface area is 121 Å². The topological polar surface area (TPSA) is 35.2 Å². The predicted molar refractivity (Wildman–Crippen MR) is 84.3 cm³/mol. The summed E-state index contributed by atoms with van der Waals surface area (Å²) in [5.41, 5.74) is 8.45. The molecule has 0 heterocycles. The van der Waals surface area contributed by atoms with Gasteiger partial charge in [-0.2, -0.15) is 0 Å². The lowest BCUT2D eigenvalue weighted by Gasteiger charge is -2.18. The second-order valence-corrected chi connectivity index (χ2v) is 5.35. The van der Waals surface area contributed by atoms with Gasteiger partial charge in [0.1, 0.15) is 11.5 Å². The first kappa shape index (κ1) is 14.6. The van der Waals surface area contributed by atoms with Crippen molar-refractivity contribution in [3.63, 3.8) is 0 Å². The number of para-hydroxylation sites is 2. The van der Waals surface area contributed by atoms with E-state index in [1.165, 1.54) is 5.56 Å². The molecule has 106 valence electrons. The van der Waals surface area contributed by atoms with Crippen LogP contribution in [0.3, 0.4) is 0 Å². The lowest BCUT2D eigenvalue weighted by molar-refractivity contribution is 0.460. The fraction of sp³-hybridized carbons (Fsp3) is 0.333. The number of benzene rings is 2. The van der Waals surface area contributed by atoms with Crippen LogP contribution in [0.5, 0.6) is 11.5 Å². The van der Waals surface area contributed by atoms with Crippen LogP contribution >= 0.6 is 0 Å². The van der Waals surface area contributed by atoms with Crippen molar-refractivity contribution in [2.75, 3.05) is 0 Å². The van der Waals surface area contributed by atoms with Crippen LogP contribution < -0.4 is 10.5 Å². The fourth-order valence-corrected chi connectivity index (χ4v) is 2.27. The molecular formula is C18H23NO. The molecule has 2 rings (SSSR count). The first-order valence-electron chi connectivity index (χ1n) is 7.24. The second-order valence-electron chi connectivity index (χ2n) is 5.35. The van der Waals surface area contributed by atoms with Gasteiger partial charge in [0.15, 0.2) is 0 Å². The van der Waals surface area contributed by atoms with Crippen LogP contribution in [0.25, 0.3) is 0 Å². The Hall–Kier alpha value is -1.80. The number of ether oxygens (including phenoxy) is 1. The van der Waals surface area contributed by atoms with E-state index < -0.39 is 0 Å². The molecule has 0 aliphatic rings. The number of nitrogens with two attached hydrogens (primary N) is 1. The van der Waals surface area contributed by atoms with Crippen LogP contribution in [0.2, 0.25) is 0 Å². The molecule has 0 radical (unpaired) electrons. The van der Waals surface area contributed by atoms with Crippen LogP contribution in [-0.4, -0.2) is 0 Å². The molecule has 0 aromatic heterocycles. The molecule has 2 nitrogen and oxygen atoms in total. The maximum atomic E-state index is 6.17. The molecule has 2 heteroatoms. The van der Waals surface area contributed by atoms with Crippen molar-refractivity contribution >= 4 is 0 Å². The Balaban J connectivity index is 2.36. The minimum absolute atomic E-state index is 0.0115. The second kappa shape index (κ2) is 6.58. The van der Waals surface area contributed by atoms with Crippen LogP contribution in [0, 0.1) is 0 Å². The van der Waals surface area contributed by atoms with Crippen molar-refractivity contribution < 1.29 is 4.74 Å². The third kappa shape index (κ3) is 3.20. The van der Waals surface area contributed by atoms with Crippen molar-refractivity contribution in [1.82, 2.24) is 0 Å². The third-order valence-corrected chi connectivity index (χ3v) is 3.52. The van der Waals surface area contributed by atoms with Gasteiger partial charge in [-0.1, -0.05) is 57.2 Å². The molecule has 20 heavy (non-hydrogen) atoms. The smallest absolute Gasteiger partial charge is 0.132 e. The summed E-state index contributed by atoms with van der Waals surface area (Å²) >= 11 is 0. The molecule has 0 saturated heterocycles. The van der Waals surface area contributed by atoms with Gasteiger partial charge in [-0.15, -0.1) is 0 Å². The van der Waals surface area contributed by atoms with Crippen molar-refractivity contribution in [3.8, 4) is 11.5 Å². The van der Waals surface area contributed by atoms with Gasteiger partial charge in [-0.05, 0) is 30.0 Å². The lowest BCUT2D eigenvalue weighted by atomic mass is 10.0. The Morgan fingerprint density at radius 1 is 0.900 bits per heavy atom. The van der Waals surface area contributed by atoms with Gasteiger partial charge in [0.05, 0.1) is 0 Å². The Morgan fingerprint density at radius 2 is 1.40 bits per heavy atom. The minimum atomic E-state index is 0.0115. The van der Waals surface area contributed by atoms with Gasteiger partial charge in [0.2, 0.25) is 0 Å². The summed E-state index contributed by atoms with van der Waals surface area (Å²) in [7, 11) is 0. The molecule has 1 atom stereocenters. The molecule has 0 bridgehead atoms. The summed E-state index contributed by atoms with van der Waals surface area (Å²) in [4.78, 5) is 0. The minimum Gasteiger partial charge on any atom is -0.457 e. The molecule has 0 unspecified atom stereocenters. The first-order chi connectivity index (χ1) is 9.63. The molecule has 0 fully saturated rings. The summed E-state index contributed by atoms with van der Waals surface area (Å²) in [5, 5.41) is 0.